The fraction of sp³-hybridized carbons (Fsp3) is 0.0588. The Kier molecular flexibility index (Phi) is 5.09. The van der Waals surface area contributed by atoms with Crippen LogP contribution in [0.2, 0.25) is 0 Å². The number of thiazole rings is 1. The molecule has 2 aromatic heterocycles. The predicted molar refractivity (Wildman–Crippen MR) is 97.5 cm³/mol. The van der Waals surface area contributed by atoms with Gasteiger partial charge < -0.3 is 10.5 Å². The van der Waals surface area contributed by atoms with Crippen LogP contribution < -0.4 is 20.9 Å². The van der Waals surface area contributed by atoms with Crippen LogP contribution in [0.15, 0.2) is 54.2 Å². The SMILES string of the molecule is COc1ccc(C(=O)NN(c2ccncc2)c2nc(C(N)=O)cs2)cc1. The fourth-order valence-corrected chi connectivity index (χ4v) is 2.90. The highest BCUT2D eigenvalue weighted by Crippen LogP contribution is 2.26. The Hall–Kier alpha value is -3.46. The summed E-state index contributed by atoms with van der Waals surface area (Å²) >= 11 is 1.18. The second-order valence-corrected chi connectivity index (χ2v) is 5.93. The average Bonchev–Trinajstić information content (AvgIpc) is 3.17. The molecule has 0 fully saturated rings. The number of anilines is 2. The number of carbonyl (C=O) groups is 2. The van der Waals surface area contributed by atoms with E-state index < -0.39 is 5.91 Å². The van der Waals surface area contributed by atoms with Crippen molar-refractivity contribution in [3.05, 3.63) is 65.4 Å². The molecule has 8 nitrogen and oxygen atoms in total. The van der Waals surface area contributed by atoms with Gasteiger partial charge in [-0.25, -0.2) is 9.99 Å². The lowest BCUT2D eigenvalue weighted by Gasteiger charge is -2.22. The number of ether oxygens (including phenoxy) is 1. The van der Waals surface area contributed by atoms with Gasteiger partial charge in [-0.15, -0.1) is 11.3 Å². The summed E-state index contributed by atoms with van der Waals surface area (Å²) in [6.45, 7) is 0. The molecule has 0 saturated heterocycles. The van der Waals surface area contributed by atoms with Crippen molar-refractivity contribution in [3.63, 3.8) is 0 Å². The number of hydrogen-bond acceptors (Lipinski definition) is 7. The Morgan fingerprint density at radius 2 is 1.85 bits per heavy atom. The van der Waals surface area contributed by atoms with Crippen LogP contribution in [-0.4, -0.2) is 28.9 Å². The summed E-state index contributed by atoms with van der Waals surface area (Å²) in [5, 5.41) is 3.41. The summed E-state index contributed by atoms with van der Waals surface area (Å²) in [7, 11) is 1.55. The zero-order valence-electron chi connectivity index (χ0n) is 13.7. The smallest absolute Gasteiger partial charge is 0.270 e. The van der Waals surface area contributed by atoms with Crippen LogP contribution in [0.4, 0.5) is 10.8 Å². The summed E-state index contributed by atoms with van der Waals surface area (Å²) in [5.74, 6) is -0.331. The minimum atomic E-state index is -0.636. The van der Waals surface area contributed by atoms with Crippen molar-refractivity contribution >= 4 is 34.0 Å². The number of carbonyl (C=O) groups excluding carboxylic acids is 2. The minimum absolute atomic E-state index is 0.128. The van der Waals surface area contributed by atoms with Gasteiger partial charge in [0.25, 0.3) is 11.8 Å². The van der Waals surface area contributed by atoms with Crippen LogP contribution in [0.25, 0.3) is 0 Å². The highest BCUT2D eigenvalue weighted by Gasteiger charge is 2.18. The number of amides is 2. The maximum atomic E-state index is 12.6. The van der Waals surface area contributed by atoms with Crippen LogP contribution in [0.5, 0.6) is 5.75 Å². The van der Waals surface area contributed by atoms with Crippen LogP contribution >= 0.6 is 11.3 Å². The molecule has 0 bridgehead atoms. The Balaban J connectivity index is 1.90. The molecule has 9 heteroatoms. The first kappa shape index (κ1) is 17.4. The first-order chi connectivity index (χ1) is 12.6. The van der Waals surface area contributed by atoms with Gasteiger partial charge in [-0.2, -0.15) is 0 Å². The predicted octanol–water partition coefficient (Wildman–Crippen LogP) is 2.13. The molecule has 0 unspecified atom stereocenters. The molecule has 0 saturated carbocycles. The van der Waals surface area contributed by atoms with Gasteiger partial charge in [0.05, 0.1) is 12.8 Å². The average molecular weight is 369 g/mol. The van der Waals surface area contributed by atoms with Gasteiger partial charge in [0, 0.05) is 23.3 Å². The van der Waals surface area contributed by atoms with Gasteiger partial charge in [-0.3, -0.25) is 20.0 Å². The van der Waals surface area contributed by atoms with E-state index in [1.165, 1.54) is 21.7 Å². The number of primary amides is 1. The van der Waals surface area contributed by atoms with Crippen LogP contribution in [0.1, 0.15) is 20.8 Å². The van der Waals surface area contributed by atoms with E-state index >= 15 is 0 Å². The van der Waals surface area contributed by atoms with Gasteiger partial charge in [0.1, 0.15) is 11.4 Å². The topological polar surface area (TPSA) is 110 Å². The summed E-state index contributed by atoms with van der Waals surface area (Å²) < 4.78 is 5.09. The van der Waals surface area contributed by atoms with E-state index in [9.17, 15) is 9.59 Å². The molecule has 132 valence electrons. The van der Waals surface area contributed by atoms with E-state index in [1.54, 1.807) is 55.9 Å². The second-order valence-electron chi connectivity index (χ2n) is 5.09. The standard InChI is InChI=1S/C17H15N5O3S/c1-25-13-4-2-11(3-5-13)16(24)21-22(12-6-8-19-9-7-12)17-20-14(10-26-17)15(18)23/h2-10H,1H3,(H2,18,23)(H,21,24). The van der Waals surface area contributed by atoms with Crippen molar-refractivity contribution in [2.75, 3.05) is 12.1 Å². The molecule has 0 aliphatic rings. The number of aromatic nitrogens is 2. The molecular weight excluding hydrogens is 354 g/mol. The van der Waals surface area contributed by atoms with Crippen molar-refractivity contribution in [1.82, 2.24) is 15.4 Å². The number of hydrogen-bond donors (Lipinski definition) is 2. The quantitative estimate of drug-likeness (QED) is 0.644. The van der Waals surface area contributed by atoms with Crippen LogP contribution in [0, 0.1) is 0 Å². The number of methoxy groups -OCH3 is 1. The maximum absolute atomic E-state index is 12.6. The Morgan fingerprint density at radius 1 is 1.15 bits per heavy atom. The minimum Gasteiger partial charge on any atom is -0.497 e. The third kappa shape index (κ3) is 3.78. The number of pyridine rings is 1. The van der Waals surface area contributed by atoms with E-state index in [2.05, 4.69) is 15.4 Å². The largest absolute Gasteiger partial charge is 0.497 e. The Labute approximate surface area is 153 Å². The number of benzene rings is 1. The van der Waals surface area contributed by atoms with Crippen molar-refractivity contribution in [3.8, 4) is 5.75 Å². The van der Waals surface area contributed by atoms with Gasteiger partial charge in [-0.1, -0.05) is 0 Å². The maximum Gasteiger partial charge on any atom is 0.270 e. The number of hydrazine groups is 1. The molecule has 26 heavy (non-hydrogen) atoms. The van der Waals surface area contributed by atoms with E-state index in [4.69, 9.17) is 10.5 Å². The number of rotatable bonds is 6. The molecule has 2 heterocycles. The lowest BCUT2D eigenvalue weighted by molar-refractivity contribution is 0.0953. The molecule has 0 aliphatic carbocycles. The molecular formula is C17H15N5O3S. The van der Waals surface area contributed by atoms with Crippen LogP contribution in [-0.2, 0) is 0 Å². The first-order valence-corrected chi connectivity index (χ1v) is 8.37. The van der Waals surface area contributed by atoms with Crippen molar-refractivity contribution in [2.24, 2.45) is 5.73 Å². The fourth-order valence-electron chi connectivity index (χ4n) is 2.10. The van der Waals surface area contributed by atoms with Crippen LogP contribution in [0.3, 0.4) is 0 Å². The van der Waals surface area contributed by atoms with Gasteiger partial charge in [0.2, 0.25) is 5.13 Å². The molecule has 0 spiro atoms. The monoisotopic (exact) mass is 369 g/mol. The third-order valence-corrected chi connectivity index (χ3v) is 4.25. The molecule has 2 amide bonds. The summed E-state index contributed by atoms with van der Waals surface area (Å²) in [6.07, 6.45) is 3.18. The van der Waals surface area contributed by atoms with Gasteiger partial charge >= 0.3 is 0 Å². The summed E-state index contributed by atoms with van der Waals surface area (Å²) in [6, 6.07) is 10.1. The highest BCUT2D eigenvalue weighted by molar-refractivity contribution is 7.14. The van der Waals surface area contributed by atoms with Gasteiger partial charge in [0.15, 0.2) is 0 Å². The van der Waals surface area contributed by atoms with E-state index in [0.717, 1.165) is 0 Å². The molecule has 3 aromatic rings. The second kappa shape index (κ2) is 7.62. The lowest BCUT2D eigenvalue weighted by atomic mass is 10.2. The zero-order chi connectivity index (χ0) is 18.5. The Bertz CT molecular complexity index is 912. The number of nitrogens with two attached hydrogens (primary N) is 1. The highest BCUT2D eigenvalue weighted by atomic mass is 32.1. The van der Waals surface area contributed by atoms with Crippen molar-refractivity contribution in [2.45, 2.75) is 0 Å². The first-order valence-electron chi connectivity index (χ1n) is 7.49. The van der Waals surface area contributed by atoms with E-state index in [1.807, 2.05) is 0 Å². The zero-order valence-corrected chi connectivity index (χ0v) is 14.6. The van der Waals surface area contributed by atoms with Crippen molar-refractivity contribution < 1.29 is 14.3 Å². The van der Waals surface area contributed by atoms with E-state index in [-0.39, 0.29) is 11.6 Å². The van der Waals surface area contributed by atoms with E-state index in [0.29, 0.717) is 22.1 Å². The molecule has 3 rings (SSSR count). The van der Waals surface area contributed by atoms with Gasteiger partial charge in [-0.05, 0) is 36.4 Å². The lowest BCUT2D eigenvalue weighted by Crippen LogP contribution is -2.39. The molecule has 3 N–H and O–H groups in total. The molecule has 0 radical (unpaired) electrons. The number of nitrogens with zero attached hydrogens (tertiary/aromatic N) is 3. The third-order valence-electron chi connectivity index (χ3n) is 3.42. The normalized spacial score (nSPS) is 10.2. The molecule has 0 atom stereocenters. The van der Waals surface area contributed by atoms with Crippen molar-refractivity contribution in [1.29, 1.82) is 0 Å². The molecule has 0 aliphatic heterocycles. The molecule has 1 aromatic carbocycles. The number of nitrogens with one attached hydrogen (secondary N) is 1. The summed E-state index contributed by atoms with van der Waals surface area (Å²) in [4.78, 5) is 32.1. The summed E-state index contributed by atoms with van der Waals surface area (Å²) in [5.41, 5.74) is 9.24. The Morgan fingerprint density at radius 3 is 2.42 bits per heavy atom.